The second kappa shape index (κ2) is 5.09. The minimum atomic E-state index is -0.944. The van der Waals surface area contributed by atoms with Gasteiger partial charge >= 0.3 is 5.97 Å². The number of carbonyl (C=O) groups is 2. The summed E-state index contributed by atoms with van der Waals surface area (Å²) in [6, 6.07) is 4.20. The summed E-state index contributed by atoms with van der Waals surface area (Å²) >= 11 is 5.69. The first-order valence-corrected chi connectivity index (χ1v) is 6.32. The van der Waals surface area contributed by atoms with Crippen LogP contribution in [-0.4, -0.2) is 27.6 Å². The molecular weight excluding hydrogens is 270 g/mol. The van der Waals surface area contributed by atoms with Gasteiger partial charge in [-0.3, -0.25) is 9.59 Å². The molecule has 1 saturated carbocycles. The SMILES string of the molecule is O=C(O)CC1(NC(=O)c2ccc(Cl)cc2O)CCC1. The standard InChI is InChI=1S/C13H14ClNO4/c14-8-2-3-9(10(16)6-8)12(19)15-13(4-1-5-13)7-11(17)18/h2-3,6,16H,1,4-5,7H2,(H,15,19)(H,17,18). The molecule has 6 heteroatoms. The van der Waals surface area contributed by atoms with E-state index in [1.807, 2.05) is 0 Å². The summed E-state index contributed by atoms with van der Waals surface area (Å²) in [4.78, 5) is 22.9. The highest BCUT2D eigenvalue weighted by molar-refractivity contribution is 6.30. The van der Waals surface area contributed by atoms with E-state index in [1.54, 1.807) is 0 Å². The number of carboxylic acids is 1. The number of nitrogens with one attached hydrogen (secondary N) is 1. The maximum Gasteiger partial charge on any atom is 0.305 e. The van der Waals surface area contributed by atoms with Crippen LogP contribution in [0.4, 0.5) is 0 Å². The lowest BCUT2D eigenvalue weighted by atomic mass is 9.74. The molecule has 0 heterocycles. The van der Waals surface area contributed by atoms with E-state index in [-0.39, 0.29) is 17.7 Å². The van der Waals surface area contributed by atoms with E-state index in [0.717, 1.165) is 6.42 Å². The zero-order valence-electron chi connectivity index (χ0n) is 10.1. The van der Waals surface area contributed by atoms with Crippen LogP contribution in [0, 0.1) is 0 Å². The molecule has 1 aliphatic carbocycles. The number of amides is 1. The van der Waals surface area contributed by atoms with Crippen molar-refractivity contribution < 1.29 is 19.8 Å². The highest BCUT2D eigenvalue weighted by atomic mass is 35.5. The van der Waals surface area contributed by atoms with Gasteiger partial charge in [-0.1, -0.05) is 11.6 Å². The van der Waals surface area contributed by atoms with Crippen molar-refractivity contribution in [1.82, 2.24) is 5.32 Å². The topological polar surface area (TPSA) is 86.6 Å². The molecule has 2 rings (SSSR count). The molecule has 0 unspecified atom stereocenters. The molecule has 19 heavy (non-hydrogen) atoms. The Balaban J connectivity index is 2.13. The number of rotatable bonds is 4. The minimum absolute atomic E-state index is 0.0982. The summed E-state index contributed by atoms with van der Waals surface area (Å²) in [7, 11) is 0. The summed E-state index contributed by atoms with van der Waals surface area (Å²) < 4.78 is 0. The first-order valence-electron chi connectivity index (χ1n) is 5.95. The van der Waals surface area contributed by atoms with Gasteiger partial charge in [0.15, 0.2) is 0 Å². The first-order chi connectivity index (χ1) is 8.92. The average Bonchev–Trinajstić information content (AvgIpc) is 2.25. The van der Waals surface area contributed by atoms with Gasteiger partial charge in [-0.15, -0.1) is 0 Å². The van der Waals surface area contributed by atoms with Gasteiger partial charge in [-0.05, 0) is 37.5 Å². The highest BCUT2D eigenvalue weighted by Crippen LogP contribution is 2.35. The molecule has 5 nitrogen and oxygen atoms in total. The molecular formula is C13H14ClNO4. The molecule has 1 amide bonds. The van der Waals surface area contributed by atoms with Crippen molar-refractivity contribution in [3.8, 4) is 5.75 Å². The predicted octanol–water partition coefficient (Wildman–Crippen LogP) is 2.17. The molecule has 0 bridgehead atoms. The van der Waals surface area contributed by atoms with Crippen molar-refractivity contribution in [2.45, 2.75) is 31.2 Å². The van der Waals surface area contributed by atoms with Crippen LogP contribution >= 0.6 is 11.6 Å². The molecule has 1 aliphatic rings. The first kappa shape index (κ1) is 13.7. The Kier molecular flexibility index (Phi) is 3.66. The molecule has 0 aromatic heterocycles. The number of phenolic OH excluding ortho intramolecular Hbond substituents is 1. The molecule has 1 aromatic rings. The monoisotopic (exact) mass is 283 g/mol. The molecule has 0 atom stereocenters. The van der Waals surface area contributed by atoms with Crippen LogP contribution in [-0.2, 0) is 4.79 Å². The van der Waals surface area contributed by atoms with Crippen molar-refractivity contribution in [2.75, 3.05) is 0 Å². The lowest BCUT2D eigenvalue weighted by molar-refractivity contribution is -0.139. The fraction of sp³-hybridized carbons (Fsp3) is 0.385. The van der Waals surface area contributed by atoms with Crippen LogP contribution in [0.3, 0.4) is 0 Å². The van der Waals surface area contributed by atoms with Crippen molar-refractivity contribution in [3.05, 3.63) is 28.8 Å². The fourth-order valence-corrected chi connectivity index (χ4v) is 2.41. The van der Waals surface area contributed by atoms with Crippen LogP contribution < -0.4 is 5.32 Å². The minimum Gasteiger partial charge on any atom is -0.507 e. The van der Waals surface area contributed by atoms with Gasteiger partial charge in [0.1, 0.15) is 5.75 Å². The lowest BCUT2D eigenvalue weighted by Gasteiger charge is -2.41. The highest BCUT2D eigenvalue weighted by Gasteiger charge is 2.40. The van der Waals surface area contributed by atoms with E-state index in [4.69, 9.17) is 16.7 Å². The van der Waals surface area contributed by atoms with Crippen LogP contribution in [0.1, 0.15) is 36.0 Å². The number of benzene rings is 1. The van der Waals surface area contributed by atoms with Crippen molar-refractivity contribution in [1.29, 1.82) is 0 Å². The summed E-state index contributed by atoms with van der Waals surface area (Å²) in [6.07, 6.45) is 2.06. The third kappa shape index (κ3) is 2.98. The lowest BCUT2D eigenvalue weighted by Crippen LogP contribution is -2.54. The van der Waals surface area contributed by atoms with Gasteiger partial charge in [0.25, 0.3) is 5.91 Å². The summed E-state index contributed by atoms with van der Waals surface area (Å²) in [5.74, 6) is -1.63. The van der Waals surface area contributed by atoms with Crippen molar-refractivity contribution in [3.63, 3.8) is 0 Å². The zero-order valence-corrected chi connectivity index (χ0v) is 10.9. The van der Waals surface area contributed by atoms with E-state index in [9.17, 15) is 14.7 Å². The average molecular weight is 284 g/mol. The Morgan fingerprint density at radius 1 is 1.37 bits per heavy atom. The van der Waals surface area contributed by atoms with Crippen LogP contribution in [0.2, 0.25) is 5.02 Å². The molecule has 0 radical (unpaired) electrons. The van der Waals surface area contributed by atoms with Gasteiger partial charge < -0.3 is 15.5 Å². The van der Waals surface area contributed by atoms with Crippen LogP contribution in [0.5, 0.6) is 5.75 Å². The maximum absolute atomic E-state index is 12.1. The molecule has 0 spiro atoms. The number of carboxylic acid groups (broad SMARTS) is 1. The Hall–Kier alpha value is -1.75. The number of aromatic hydroxyl groups is 1. The van der Waals surface area contributed by atoms with Crippen LogP contribution in [0.25, 0.3) is 0 Å². The number of hydrogen-bond acceptors (Lipinski definition) is 3. The fourth-order valence-electron chi connectivity index (χ4n) is 2.24. The van der Waals surface area contributed by atoms with Crippen molar-refractivity contribution >= 4 is 23.5 Å². The van der Waals surface area contributed by atoms with Gasteiger partial charge in [-0.2, -0.15) is 0 Å². The second-order valence-electron chi connectivity index (χ2n) is 4.82. The molecule has 0 saturated heterocycles. The smallest absolute Gasteiger partial charge is 0.305 e. The van der Waals surface area contributed by atoms with Crippen LogP contribution in [0.15, 0.2) is 18.2 Å². The molecule has 0 aliphatic heterocycles. The predicted molar refractivity (Wildman–Crippen MR) is 69.4 cm³/mol. The number of halogens is 1. The Labute approximate surface area is 115 Å². The van der Waals surface area contributed by atoms with E-state index in [0.29, 0.717) is 17.9 Å². The second-order valence-corrected chi connectivity index (χ2v) is 5.26. The molecule has 3 N–H and O–H groups in total. The van der Waals surface area contributed by atoms with Gasteiger partial charge in [0.2, 0.25) is 0 Å². The Bertz CT molecular complexity index is 525. The normalized spacial score (nSPS) is 16.5. The van der Waals surface area contributed by atoms with Gasteiger partial charge in [0.05, 0.1) is 17.5 Å². The number of carbonyl (C=O) groups excluding carboxylic acids is 1. The van der Waals surface area contributed by atoms with E-state index in [2.05, 4.69) is 5.32 Å². The van der Waals surface area contributed by atoms with Crippen molar-refractivity contribution in [2.24, 2.45) is 0 Å². The molecule has 1 aromatic carbocycles. The number of phenols is 1. The van der Waals surface area contributed by atoms with E-state index < -0.39 is 17.4 Å². The summed E-state index contributed by atoms with van der Waals surface area (Å²) in [6.45, 7) is 0. The summed E-state index contributed by atoms with van der Waals surface area (Å²) in [5, 5.41) is 21.6. The van der Waals surface area contributed by atoms with Gasteiger partial charge in [-0.25, -0.2) is 0 Å². The van der Waals surface area contributed by atoms with E-state index in [1.165, 1.54) is 18.2 Å². The molecule has 1 fully saturated rings. The molecule has 102 valence electrons. The Morgan fingerprint density at radius 3 is 2.53 bits per heavy atom. The van der Waals surface area contributed by atoms with E-state index >= 15 is 0 Å². The third-order valence-electron chi connectivity index (χ3n) is 3.38. The maximum atomic E-state index is 12.1. The zero-order chi connectivity index (χ0) is 14.0. The quantitative estimate of drug-likeness (QED) is 0.790. The van der Waals surface area contributed by atoms with Gasteiger partial charge in [0, 0.05) is 5.02 Å². The number of aliphatic carboxylic acids is 1. The largest absolute Gasteiger partial charge is 0.507 e. The number of hydrogen-bond donors (Lipinski definition) is 3. The Morgan fingerprint density at radius 2 is 2.05 bits per heavy atom. The third-order valence-corrected chi connectivity index (χ3v) is 3.62. The summed E-state index contributed by atoms with van der Waals surface area (Å²) in [5.41, 5.74) is -0.587.